The van der Waals surface area contributed by atoms with Crippen molar-refractivity contribution in [3.05, 3.63) is 18.0 Å². The lowest BCUT2D eigenvalue weighted by molar-refractivity contribution is -0.0721. The van der Waals surface area contributed by atoms with Crippen molar-refractivity contribution in [2.24, 2.45) is 12.9 Å². The largest absolute Gasteiger partial charge is 0.374 e. The monoisotopic (exact) mass is 254 g/mol. The lowest BCUT2D eigenvalue weighted by Crippen LogP contribution is -2.55. The zero-order valence-corrected chi connectivity index (χ0v) is 11.9. The van der Waals surface area contributed by atoms with Gasteiger partial charge in [-0.25, -0.2) is 0 Å². The Bertz CT molecular complexity index is 347. The van der Waals surface area contributed by atoms with Gasteiger partial charge >= 0.3 is 0 Å². The van der Waals surface area contributed by atoms with E-state index >= 15 is 0 Å². The van der Waals surface area contributed by atoms with Gasteiger partial charge in [0, 0.05) is 26.3 Å². The molecule has 5 nitrogen and oxygen atoms in total. The van der Waals surface area contributed by atoms with Crippen LogP contribution in [0.1, 0.15) is 39.3 Å². The Labute approximate surface area is 110 Å². The van der Waals surface area contributed by atoms with Crippen molar-refractivity contribution < 1.29 is 4.74 Å². The number of nitrogens with zero attached hydrogens (tertiary/aromatic N) is 2. The van der Waals surface area contributed by atoms with Crippen molar-refractivity contribution in [2.45, 2.75) is 51.7 Å². The summed E-state index contributed by atoms with van der Waals surface area (Å²) < 4.78 is 7.79. The number of ether oxygens (including phenoxy) is 1. The molecular weight excluding hydrogens is 228 g/mol. The zero-order valence-electron chi connectivity index (χ0n) is 11.9. The van der Waals surface area contributed by atoms with E-state index in [4.69, 9.17) is 10.6 Å². The molecule has 1 atom stereocenters. The van der Waals surface area contributed by atoms with Gasteiger partial charge in [-0.1, -0.05) is 13.8 Å². The maximum atomic E-state index is 5.98. The molecule has 0 aliphatic rings. The second-order valence-electron chi connectivity index (χ2n) is 4.61. The van der Waals surface area contributed by atoms with Crippen molar-refractivity contribution in [2.75, 3.05) is 6.61 Å². The van der Waals surface area contributed by atoms with E-state index in [9.17, 15) is 0 Å². The Balaban J connectivity index is 2.84. The highest BCUT2D eigenvalue weighted by molar-refractivity contribution is 5.05. The summed E-state index contributed by atoms with van der Waals surface area (Å²) in [6, 6.07) is 2.09. The van der Waals surface area contributed by atoms with E-state index in [1.54, 1.807) is 0 Å². The van der Waals surface area contributed by atoms with Gasteiger partial charge in [-0.15, -0.1) is 0 Å². The van der Waals surface area contributed by atoms with Crippen LogP contribution in [0, 0.1) is 0 Å². The van der Waals surface area contributed by atoms with Crippen LogP contribution in [-0.4, -0.2) is 28.0 Å². The molecule has 0 amide bonds. The quantitative estimate of drug-likeness (QED) is 0.543. The molecule has 0 aliphatic heterocycles. The number of hydrogen-bond donors (Lipinski definition) is 2. The van der Waals surface area contributed by atoms with Gasteiger partial charge < -0.3 is 4.74 Å². The number of aryl methyl sites for hydroxylation is 1. The van der Waals surface area contributed by atoms with Crippen LogP contribution in [-0.2, 0) is 18.2 Å². The molecule has 1 rings (SSSR count). The Hall–Kier alpha value is -0.910. The Kier molecular flexibility index (Phi) is 5.78. The fourth-order valence-corrected chi connectivity index (χ4v) is 2.51. The van der Waals surface area contributed by atoms with Crippen LogP contribution < -0.4 is 11.3 Å². The van der Waals surface area contributed by atoms with Crippen molar-refractivity contribution >= 4 is 0 Å². The third-order valence-corrected chi connectivity index (χ3v) is 3.65. The normalized spacial score (nSPS) is 13.8. The highest BCUT2D eigenvalue weighted by atomic mass is 16.5. The number of nitrogens with two attached hydrogens (primary N) is 1. The molecule has 1 aromatic rings. The third kappa shape index (κ3) is 3.31. The summed E-state index contributed by atoms with van der Waals surface area (Å²) in [5.74, 6) is 5.73. The molecule has 0 fully saturated rings. The van der Waals surface area contributed by atoms with E-state index in [0.717, 1.165) is 25.0 Å². The van der Waals surface area contributed by atoms with Crippen LogP contribution in [0.2, 0.25) is 0 Å². The molecular formula is C13H26N4O. The second-order valence-corrected chi connectivity index (χ2v) is 4.61. The Morgan fingerprint density at radius 2 is 2.11 bits per heavy atom. The number of aromatic nitrogens is 2. The fraction of sp³-hybridized carbons (Fsp3) is 0.769. The lowest BCUT2D eigenvalue weighted by atomic mass is 9.85. The van der Waals surface area contributed by atoms with Gasteiger partial charge in [0.25, 0.3) is 0 Å². The smallest absolute Gasteiger partial charge is 0.0846 e. The fourth-order valence-electron chi connectivity index (χ4n) is 2.51. The van der Waals surface area contributed by atoms with Gasteiger partial charge in [0.15, 0.2) is 0 Å². The van der Waals surface area contributed by atoms with E-state index in [1.807, 2.05) is 30.9 Å². The van der Waals surface area contributed by atoms with Crippen LogP contribution in [0.3, 0.4) is 0 Å². The minimum atomic E-state index is -0.221. The average Bonchev–Trinajstić information content (AvgIpc) is 2.79. The summed E-state index contributed by atoms with van der Waals surface area (Å²) in [7, 11) is 1.92. The second kappa shape index (κ2) is 6.87. The van der Waals surface area contributed by atoms with E-state index < -0.39 is 0 Å². The predicted octanol–water partition coefficient (Wildman–Crippen LogP) is 1.39. The first-order valence-electron chi connectivity index (χ1n) is 6.70. The van der Waals surface area contributed by atoms with Gasteiger partial charge in [0.2, 0.25) is 0 Å². The van der Waals surface area contributed by atoms with Gasteiger partial charge in [-0.3, -0.25) is 16.0 Å². The molecule has 0 aliphatic carbocycles. The standard InChI is InChI=1S/C13H26N4O/c1-5-13(6-2,18-7-3)12(15-14)10-11-8-9-17(4)16-11/h8-9,12,15H,5-7,10,14H2,1-4H3. The highest BCUT2D eigenvalue weighted by Crippen LogP contribution is 2.26. The zero-order chi connectivity index (χ0) is 13.6. The summed E-state index contributed by atoms with van der Waals surface area (Å²) >= 11 is 0. The van der Waals surface area contributed by atoms with Crippen LogP contribution in [0.5, 0.6) is 0 Å². The van der Waals surface area contributed by atoms with Crippen molar-refractivity contribution in [3.63, 3.8) is 0 Å². The number of rotatable bonds is 8. The minimum Gasteiger partial charge on any atom is -0.374 e. The molecule has 1 aromatic heterocycles. The topological polar surface area (TPSA) is 65.1 Å². The molecule has 0 saturated carbocycles. The molecule has 5 heteroatoms. The van der Waals surface area contributed by atoms with Gasteiger partial charge in [0.05, 0.1) is 17.3 Å². The molecule has 0 spiro atoms. The summed E-state index contributed by atoms with van der Waals surface area (Å²) in [6.07, 6.45) is 4.58. The van der Waals surface area contributed by atoms with E-state index in [0.29, 0.717) is 6.61 Å². The van der Waals surface area contributed by atoms with E-state index in [1.165, 1.54) is 0 Å². The molecule has 0 radical (unpaired) electrons. The van der Waals surface area contributed by atoms with Gasteiger partial charge in [-0.2, -0.15) is 5.10 Å². The summed E-state index contributed by atoms with van der Waals surface area (Å²) in [5, 5.41) is 4.41. The number of hydrazine groups is 1. The van der Waals surface area contributed by atoms with Crippen LogP contribution in [0.4, 0.5) is 0 Å². The first-order chi connectivity index (χ1) is 8.61. The molecule has 0 saturated heterocycles. The van der Waals surface area contributed by atoms with Gasteiger partial charge in [-0.05, 0) is 25.8 Å². The first kappa shape index (κ1) is 15.1. The van der Waals surface area contributed by atoms with Crippen LogP contribution >= 0.6 is 0 Å². The highest BCUT2D eigenvalue weighted by Gasteiger charge is 2.36. The van der Waals surface area contributed by atoms with Crippen molar-refractivity contribution in [1.82, 2.24) is 15.2 Å². The Morgan fingerprint density at radius 1 is 1.44 bits per heavy atom. The van der Waals surface area contributed by atoms with E-state index in [-0.39, 0.29) is 11.6 Å². The molecule has 0 aromatic carbocycles. The molecule has 1 unspecified atom stereocenters. The third-order valence-electron chi connectivity index (χ3n) is 3.65. The molecule has 3 N–H and O–H groups in total. The number of nitrogens with one attached hydrogen (secondary N) is 1. The van der Waals surface area contributed by atoms with E-state index in [2.05, 4.69) is 24.4 Å². The average molecular weight is 254 g/mol. The van der Waals surface area contributed by atoms with Crippen LogP contribution in [0.15, 0.2) is 12.3 Å². The molecule has 18 heavy (non-hydrogen) atoms. The maximum absolute atomic E-state index is 5.98. The van der Waals surface area contributed by atoms with Crippen LogP contribution in [0.25, 0.3) is 0 Å². The maximum Gasteiger partial charge on any atom is 0.0846 e. The first-order valence-corrected chi connectivity index (χ1v) is 6.70. The summed E-state index contributed by atoms with van der Waals surface area (Å²) in [6.45, 7) is 7.00. The SMILES string of the molecule is CCOC(CC)(CC)C(Cc1ccn(C)n1)NN. The summed E-state index contributed by atoms with van der Waals surface area (Å²) in [5.41, 5.74) is 3.73. The molecule has 1 heterocycles. The Morgan fingerprint density at radius 3 is 2.50 bits per heavy atom. The van der Waals surface area contributed by atoms with Gasteiger partial charge in [0.1, 0.15) is 0 Å². The number of hydrogen-bond acceptors (Lipinski definition) is 4. The minimum absolute atomic E-state index is 0.0716. The van der Waals surface area contributed by atoms with Crippen molar-refractivity contribution in [3.8, 4) is 0 Å². The lowest BCUT2D eigenvalue weighted by Gasteiger charge is -2.38. The molecule has 104 valence electrons. The predicted molar refractivity (Wildman–Crippen MR) is 73.0 cm³/mol. The van der Waals surface area contributed by atoms with Crippen molar-refractivity contribution in [1.29, 1.82) is 0 Å². The molecule has 0 bridgehead atoms. The summed E-state index contributed by atoms with van der Waals surface area (Å²) in [4.78, 5) is 0.